The van der Waals surface area contributed by atoms with Gasteiger partial charge in [-0.1, -0.05) is 46.9 Å². The predicted molar refractivity (Wildman–Crippen MR) is 102 cm³/mol. The van der Waals surface area contributed by atoms with Crippen LogP contribution in [0.3, 0.4) is 0 Å². The number of hydrogen-bond donors (Lipinski definition) is 0. The Bertz CT molecular complexity index is 866. The Kier molecular flexibility index (Phi) is 5.93. The molecule has 0 atom stereocenters. The van der Waals surface area contributed by atoms with Crippen LogP contribution in [0.1, 0.15) is 5.56 Å². The first-order valence-corrected chi connectivity index (χ1v) is 10.4. The molecule has 8 heteroatoms. The molecular weight excluding hydrogens is 403 g/mol. The van der Waals surface area contributed by atoms with E-state index in [0.29, 0.717) is 36.2 Å². The molecule has 25 heavy (non-hydrogen) atoms. The summed E-state index contributed by atoms with van der Waals surface area (Å²) in [7, 11) is -3.65. The van der Waals surface area contributed by atoms with Gasteiger partial charge in [-0.05, 0) is 35.9 Å². The van der Waals surface area contributed by atoms with Gasteiger partial charge in [-0.2, -0.15) is 4.31 Å². The molecule has 0 saturated carbocycles. The number of hydrogen-bond acceptors (Lipinski definition) is 3. The Morgan fingerprint density at radius 2 is 1.56 bits per heavy atom. The highest BCUT2D eigenvalue weighted by molar-refractivity contribution is 7.89. The smallest absolute Gasteiger partial charge is 0.244 e. The summed E-state index contributed by atoms with van der Waals surface area (Å²) in [6.45, 7) is 2.84. The molecule has 1 fully saturated rings. The standard InChI is InChI=1S/C17H17Cl3N2O2S/c18-14-3-1-2-13(10-14)12-21-6-8-22(9-7-21)25(23,24)17-11-15(19)4-5-16(17)20/h1-5,10-11H,6-9,12H2. The number of benzene rings is 2. The topological polar surface area (TPSA) is 40.6 Å². The van der Waals surface area contributed by atoms with Crippen molar-refractivity contribution < 1.29 is 8.42 Å². The molecule has 1 aliphatic rings. The van der Waals surface area contributed by atoms with E-state index in [9.17, 15) is 8.42 Å². The molecule has 134 valence electrons. The molecule has 0 aliphatic carbocycles. The quantitative estimate of drug-likeness (QED) is 0.747. The van der Waals surface area contributed by atoms with Crippen LogP contribution in [-0.4, -0.2) is 43.8 Å². The summed E-state index contributed by atoms with van der Waals surface area (Å²) in [4.78, 5) is 2.27. The molecule has 1 heterocycles. The molecule has 0 bridgehead atoms. The van der Waals surface area contributed by atoms with Crippen molar-refractivity contribution in [2.75, 3.05) is 26.2 Å². The van der Waals surface area contributed by atoms with Crippen molar-refractivity contribution in [1.82, 2.24) is 9.21 Å². The fourth-order valence-corrected chi connectivity index (χ4v) is 5.21. The minimum absolute atomic E-state index is 0.0601. The average molecular weight is 420 g/mol. The molecular formula is C17H17Cl3N2O2S. The zero-order valence-electron chi connectivity index (χ0n) is 13.3. The minimum Gasteiger partial charge on any atom is -0.296 e. The molecule has 0 spiro atoms. The normalized spacial score (nSPS) is 16.9. The largest absolute Gasteiger partial charge is 0.296 e. The van der Waals surface area contributed by atoms with Gasteiger partial charge >= 0.3 is 0 Å². The minimum atomic E-state index is -3.65. The zero-order chi connectivity index (χ0) is 18.0. The van der Waals surface area contributed by atoms with Crippen LogP contribution in [0.5, 0.6) is 0 Å². The van der Waals surface area contributed by atoms with Crippen LogP contribution in [0.2, 0.25) is 15.1 Å². The maximum atomic E-state index is 12.8. The van der Waals surface area contributed by atoms with Gasteiger partial charge in [0.25, 0.3) is 0 Å². The average Bonchev–Trinajstić information content (AvgIpc) is 2.57. The number of sulfonamides is 1. The summed E-state index contributed by atoms with van der Waals surface area (Å²) in [5.74, 6) is 0. The summed E-state index contributed by atoms with van der Waals surface area (Å²) in [6, 6.07) is 12.2. The number of rotatable bonds is 4. The Labute approximate surface area is 162 Å². The maximum absolute atomic E-state index is 12.8. The highest BCUT2D eigenvalue weighted by atomic mass is 35.5. The molecule has 0 amide bonds. The fraction of sp³-hybridized carbons (Fsp3) is 0.294. The molecule has 3 rings (SSSR count). The van der Waals surface area contributed by atoms with Crippen LogP contribution in [-0.2, 0) is 16.6 Å². The van der Waals surface area contributed by atoms with E-state index in [0.717, 1.165) is 12.1 Å². The monoisotopic (exact) mass is 418 g/mol. The van der Waals surface area contributed by atoms with E-state index >= 15 is 0 Å². The van der Waals surface area contributed by atoms with Crippen LogP contribution in [0.4, 0.5) is 0 Å². The van der Waals surface area contributed by atoms with E-state index < -0.39 is 10.0 Å². The van der Waals surface area contributed by atoms with Crippen molar-refractivity contribution in [2.45, 2.75) is 11.4 Å². The molecule has 0 N–H and O–H groups in total. The van der Waals surface area contributed by atoms with Gasteiger partial charge in [-0.3, -0.25) is 4.90 Å². The highest BCUT2D eigenvalue weighted by Crippen LogP contribution is 2.28. The molecule has 1 saturated heterocycles. The summed E-state index contributed by atoms with van der Waals surface area (Å²) < 4.78 is 27.1. The molecule has 2 aromatic rings. The molecule has 0 unspecified atom stereocenters. The fourth-order valence-electron chi connectivity index (χ4n) is 2.84. The molecule has 2 aromatic carbocycles. The van der Waals surface area contributed by atoms with Gasteiger partial charge in [0.1, 0.15) is 4.90 Å². The lowest BCUT2D eigenvalue weighted by atomic mass is 10.2. The Morgan fingerprint density at radius 1 is 0.880 bits per heavy atom. The third kappa shape index (κ3) is 4.48. The van der Waals surface area contributed by atoms with Crippen molar-refractivity contribution >= 4 is 44.8 Å². The second-order valence-corrected chi connectivity index (χ2v) is 9.07. The van der Waals surface area contributed by atoms with E-state index in [1.165, 1.54) is 16.4 Å². The number of halogens is 3. The van der Waals surface area contributed by atoms with Gasteiger partial charge in [0.2, 0.25) is 10.0 Å². The molecule has 0 radical (unpaired) electrons. The van der Waals surface area contributed by atoms with Crippen molar-refractivity contribution in [3.8, 4) is 0 Å². The van der Waals surface area contributed by atoms with Gasteiger partial charge in [0, 0.05) is 42.8 Å². The van der Waals surface area contributed by atoms with E-state index in [1.807, 2.05) is 24.3 Å². The summed E-state index contributed by atoms with van der Waals surface area (Å²) in [6.07, 6.45) is 0. The first kappa shape index (κ1) is 19.0. The highest BCUT2D eigenvalue weighted by Gasteiger charge is 2.30. The van der Waals surface area contributed by atoms with Crippen molar-refractivity contribution in [3.63, 3.8) is 0 Å². The summed E-state index contributed by atoms with van der Waals surface area (Å²) in [5.41, 5.74) is 1.11. The van der Waals surface area contributed by atoms with Crippen LogP contribution in [0.15, 0.2) is 47.4 Å². The molecule has 1 aliphatic heterocycles. The van der Waals surface area contributed by atoms with Crippen molar-refractivity contribution in [2.24, 2.45) is 0 Å². The second kappa shape index (κ2) is 7.82. The molecule has 0 aromatic heterocycles. The van der Waals surface area contributed by atoms with Gasteiger partial charge in [0.15, 0.2) is 0 Å². The van der Waals surface area contributed by atoms with Gasteiger partial charge in [-0.25, -0.2) is 8.42 Å². The van der Waals surface area contributed by atoms with E-state index in [-0.39, 0.29) is 9.92 Å². The predicted octanol–water partition coefficient (Wildman–Crippen LogP) is 4.15. The Morgan fingerprint density at radius 3 is 2.24 bits per heavy atom. The lowest BCUT2D eigenvalue weighted by Gasteiger charge is -2.34. The van der Waals surface area contributed by atoms with Gasteiger partial charge < -0.3 is 0 Å². The third-order valence-electron chi connectivity index (χ3n) is 4.14. The first-order chi connectivity index (χ1) is 11.9. The van der Waals surface area contributed by atoms with Crippen LogP contribution >= 0.6 is 34.8 Å². The number of piperazine rings is 1. The second-order valence-electron chi connectivity index (χ2n) is 5.88. The maximum Gasteiger partial charge on any atom is 0.244 e. The zero-order valence-corrected chi connectivity index (χ0v) is 16.4. The lowest BCUT2D eigenvalue weighted by Crippen LogP contribution is -2.48. The van der Waals surface area contributed by atoms with Crippen molar-refractivity contribution in [1.29, 1.82) is 0 Å². The first-order valence-electron chi connectivity index (χ1n) is 7.78. The lowest BCUT2D eigenvalue weighted by molar-refractivity contribution is 0.181. The van der Waals surface area contributed by atoms with Crippen LogP contribution in [0, 0.1) is 0 Å². The van der Waals surface area contributed by atoms with E-state index in [4.69, 9.17) is 34.8 Å². The Balaban J connectivity index is 1.68. The SMILES string of the molecule is O=S(=O)(c1cc(Cl)ccc1Cl)N1CCN(Cc2cccc(Cl)c2)CC1. The van der Waals surface area contributed by atoms with Gasteiger partial charge in [0.05, 0.1) is 5.02 Å². The van der Waals surface area contributed by atoms with E-state index in [1.54, 1.807) is 6.07 Å². The molecule has 4 nitrogen and oxygen atoms in total. The van der Waals surface area contributed by atoms with Gasteiger partial charge in [-0.15, -0.1) is 0 Å². The van der Waals surface area contributed by atoms with E-state index in [2.05, 4.69) is 4.90 Å². The van der Waals surface area contributed by atoms with Crippen molar-refractivity contribution in [3.05, 3.63) is 63.1 Å². The summed E-state index contributed by atoms with van der Waals surface area (Å²) >= 11 is 18.0. The third-order valence-corrected chi connectivity index (χ3v) is 6.99. The Hall–Kier alpha value is -0.820. The summed E-state index contributed by atoms with van der Waals surface area (Å²) in [5, 5.41) is 1.24. The van der Waals surface area contributed by atoms with Crippen LogP contribution < -0.4 is 0 Å². The number of nitrogens with zero attached hydrogens (tertiary/aromatic N) is 2. The van der Waals surface area contributed by atoms with Crippen LogP contribution in [0.25, 0.3) is 0 Å².